The lowest BCUT2D eigenvalue weighted by atomic mass is 10.0. The molecule has 0 aliphatic carbocycles. The van der Waals surface area contributed by atoms with E-state index in [1.165, 1.54) is 5.56 Å². The summed E-state index contributed by atoms with van der Waals surface area (Å²) in [6.07, 6.45) is 3.14. The number of benzene rings is 4. The van der Waals surface area contributed by atoms with E-state index in [9.17, 15) is 0 Å². The Morgan fingerprint density at radius 2 is 1.21 bits per heavy atom. The minimum Gasteiger partial charge on any atom is -0.497 e. The molecule has 1 aliphatic heterocycles. The predicted octanol–water partition coefficient (Wildman–Crippen LogP) is 6.82. The number of fused-ring (bicyclic) bond motifs is 1. The molecule has 0 fully saturated rings. The van der Waals surface area contributed by atoms with E-state index < -0.39 is 0 Å². The van der Waals surface area contributed by atoms with Crippen molar-refractivity contribution in [2.24, 2.45) is 0 Å². The summed E-state index contributed by atoms with van der Waals surface area (Å²) >= 11 is 0. The van der Waals surface area contributed by atoms with Gasteiger partial charge in [-0.25, -0.2) is 0 Å². The molecule has 1 aliphatic rings. The van der Waals surface area contributed by atoms with E-state index in [-0.39, 0.29) is 6.79 Å². The molecule has 0 bridgehead atoms. The van der Waals surface area contributed by atoms with Gasteiger partial charge in [-0.3, -0.25) is 0 Å². The standard InChI is InChI=1S/C34H36O8/c1-35-26-8-6-7-22(15-26)11-13-25-19-31(30(38-4)20-28(25)36-2)42-27-14-12-23(16-29(27)37-3)9-10-24-17-32(39-5)34-33(18-24)40-21-41-34/h6-8,12,14-20H,9-11,13,21H2,1-5H3. The molecule has 4 aromatic rings. The maximum atomic E-state index is 6.38. The Kier molecular flexibility index (Phi) is 9.12. The zero-order chi connectivity index (χ0) is 29.5. The van der Waals surface area contributed by atoms with Gasteiger partial charge in [-0.2, -0.15) is 0 Å². The molecule has 4 aromatic carbocycles. The van der Waals surface area contributed by atoms with Crippen molar-refractivity contribution in [3.05, 3.63) is 89.0 Å². The summed E-state index contributed by atoms with van der Waals surface area (Å²) in [5.41, 5.74) is 4.38. The van der Waals surface area contributed by atoms with Gasteiger partial charge in [0.2, 0.25) is 12.5 Å². The van der Waals surface area contributed by atoms with Crippen molar-refractivity contribution in [1.82, 2.24) is 0 Å². The monoisotopic (exact) mass is 572 g/mol. The van der Waals surface area contributed by atoms with E-state index in [2.05, 4.69) is 6.07 Å². The molecule has 0 radical (unpaired) electrons. The van der Waals surface area contributed by atoms with Gasteiger partial charge in [0.25, 0.3) is 0 Å². The molecular formula is C34H36O8. The minimum absolute atomic E-state index is 0.205. The van der Waals surface area contributed by atoms with Gasteiger partial charge >= 0.3 is 0 Å². The smallest absolute Gasteiger partial charge is 0.231 e. The Balaban J connectivity index is 1.33. The number of hydrogen-bond acceptors (Lipinski definition) is 8. The lowest BCUT2D eigenvalue weighted by Crippen LogP contribution is -2.00. The third-order valence-corrected chi connectivity index (χ3v) is 7.25. The quantitative estimate of drug-likeness (QED) is 0.173. The van der Waals surface area contributed by atoms with Gasteiger partial charge in [0.1, 0.15) is 11.5 Å². The van der Waals surface area contributed by atoms with Gasteiger partial charge in [-0.15, -0.1) is 0 Å². The molecule has 0 atom stereocenters. The Morgan fingerprint density at radius 1 is 0.524 bits per heavy atom. The summed E-state index contributed by atoms with van der Waals surface area (Å²) in [7, 11) is 8.22. The molecule has 5 rings (SSSR count). The summed E-state index contributed by atoms with van der Waals surface area (Å²) in [4.78, 5) is 0. The Hall–Kier alpha value is -4.72. The largest absolute Gasteiger partial charge is 0.497 e. The van der Waals surface area contributed by atoms with Gasteiger partial charge in [0, 0.05) is 6.07 Å². The Morgan fingerprint density at radius 3 is 1.98 bits per heavy atom. The maximum Gasteiger partial charge on any atom is 0.231 e. The van der Waals surface area contributed by atoms with Crippen LogP contribution in [0.2, 0.25) is 0 Å². The number of ether oxygens (including phenoxy) is 8. The highest BCUT2D eigenvalue weighted by atomic mass is 16.7. The molecule has 0 spiro atoms. The van der Waals surface area contributed by atoms with Crippen LogP contribution >= 0.6 is 0 Å². The normalized spacial score (nSPS) is 11.6. The average Bonchev–Trinajstić information content (AvgIpc) is 3.51. The lowest BCUT2D eigenvalue weighted by Gasteiger charge is -2.17. The van der Waals surface area contributed by atoms with E-state index in [0.717, 1.165) is 53.9 Å². The summed E-state index contributed by atoms with van der Waals surface area (Å²) in [5.74, 6) is 5.99. The van der Waals surface area contributed by atoms with Crippen LogP contribution in [0.4, 0.5) is 0 Å². The number of hydrogen-bond donors (Lipinski definition) is 0. The highest BCUT2D eigenvalue weighted by Crippen LogP contribution is 2.43. The van der Waals surface area contributed by atoms with Crippen LogP contribution < -0.4 is 37.9 Å². The fourth-order valence-electron chi connectivity index (χ4n) is 5.00. The molecule has 42 heavy (non-hydrogen) atoms. The molecular weight excluding hydrogens is 536 g/mol. The van der Waals surface area contributed by atoms with Crippen LogP contribution in [0.5, 0.6) is 51.7 Å². The van der Waals surface area contributed by atoms with Gasteiger partial charge in [-0.05, 0) is 90.4 Å². The highest BCUT2D eigenvalue weighted by molar-refractivity contribution is 5.56. The van der Waals surface area contributed by atoms with Gasteiger partial charge in [0.05, 0.1) is 35.5 Å². The third-order valence-electron chi connectivity index (χ3n) is 7.25. The second-order valence-electron chi connectivity index (χ2n) is 9.79. The van der Waals surface area contributed by atoms with Gasteiger partial charge in [-0.1, -0.05) is 18.2 Å². The Labute approximate surface area is 246 Å². The molecule has 0 unspecified atom stereocenters. The fraction of sp³-hybridized carbons (Fsp3) is 0.294. The molecule has 8 heteroatoms. The molecule has 1 heterocycles. The summed E-state index contributed by atoms with van der Waals surface area (Å²) < 4.78 is 45.4. The van der Waals surface area contributed by atoms with Crippen molar-refractivity contribution in [1.29, 1.82) is 0 Å². The Bertz CT molecular complexity index is 1530. The van der Waals surface area contributed by atoms with Crippen LogP contribution in [0.1, 0.15) is 22.3 Å². The van der Waals surface area contributed by atoms with Gasteiger partial charge < -0.3 is 37.9 Å². The second kappa shape index (κ2) is 13.3. The first-order chi connectivity index (χ1) is 20.5. The maximum absolute atomic E-state index is 6.38. The van der Waals surface area contributed by atoms with E-state index >= 15 is 0 Å². The van der Waals surface area contributed by atoms with E-state index in [0.29, 0.717) is 40.2 Å². The van der Waals surface area contributed by atoms with Crippen LogP contribution in [0.15, 0.2) is 66.7 Å². The van der Waals surface area contributed by atoms with E-state index in [1.807, 2.05) is 60.7 Å². The number of aryl methyl sites for hydroxylation is 4. The zero-order valence-electron chi connectivity index (χ0n) is 24.7. The molecule has 0 saturated carbocycles. The predicted molar refractivity (Wildman–Crippen MR) is 160 cm³/mol. The van der Waals surface area contributed by atoms with Crippen molar-refractivity contribution in [3.63, 3.8) is 0 Å². The van der Waals surface area contributed by atoms with Crippen molar-refractivity contribution < 1.29 is 37.9 Å². The molecule has 0 saturated heterocycles. The van der Waals surface area contributed by atoms with Crippen LogP contribution in [0, 0.1) is 0 Å². The van der Waals surface area contributed by atoms with E-state index in [4.69, 9.17) is 37.9 Å². The fourth-order valence-corrected chi connectivity index (χ4v) is 5.00. The SMILES string of the molecule is COc1cccc(CCc2cc(Oc3ccc(CCc4cc(OC)c5c(c4)OCO5)cc3OC)c(OC)cc2OC)c1. The van der Waals surface area contributed by atoms with Crippen LogP contribution in [-0.4, -0.2) is 42.3 Å². The molecule has 0 N–H and O–H groups in total. The first-order valence-electron chi connectivity index (χ1n) is 13.7. The van der Waals surface area contributed by atoms with Crippen LogP contribution in [-0.2, 0) is 25.7 Å². The molecule has 8 nitrogen and oxygen atoms in total. The lowest BCUT2D eigenvalue weighted by molar-refractivity contribution is 0.171. The average molecular weight is 573 g/mol. The first-order valence-corrected chi connectivity index (χ1v) is 13.7. The zero-order valence-corrected chi connectivity index (χ0v) is 24.7. The number of methoxy groups -OCH3 is 5. The van der Waals surface area contributed by atoms with Crippen molar-refractivity contribution in [2.75, 3.05) is 42.3 Å². The van der Waals surface area contributed by atoms with Crippen LogP contribution in [0.3, 0.4) is 0 Å². The number of rotatable bonds is 13. The topological polar surface area (TPSA) is 73.8 Å². The van der Waals surface area contributed by atoms with Crippen molar-refractivity contribution in [3.8, 4) is 51.7 Å². The molecule has 220 valence electrons. The van der Waals surface area contributed by atoms with Crippen molar-refractivity contribution >= 4 is 0 Å². The molecule has 0 aromatic heterocycles. The summed E-state index contributed by atoms with van der Waals surface area (Å²) in [5, 5.41) is 0. The first kappa shape index (κ1) is 28.8. The van der Waals surface area contributed by atoms with Crippen molar-refractivity contribution in [2.45, 2.75) is 25.7 Å². The summed E-state index contributed by atoms with van der Waals surface area (Å²) in [6.45, 7) is 0.205. The molecule has 0 amide bonds. The van der Waals surface area contributed by atoms with E-state index in [1.54, 1.807) is 35.5 Å². The minimum atomic E-state index is 0.205. The third kappa shape index (κ3) is 6.43. The second-order valence-corrected chi connectivity index (χ2v) is 9.79. The van der Waals surface area contributed by atoms with Gasteiger partial charge in [0.15, 0.2) is 34.5 Å². The summed E-state index contributed by atoms with van der Waals surface area (Å²) in [6, 6.07) is 21.9. The van der Waals surface area contributed by atoms with Crippen LogP contribution in [0.25, 0.3) is 0 Å². The highest BCUT2D eigenvalue weighted by Gasteiger charge is 2.20.